The van der Waals surface area contributed by atoms with Crippen LogP contribution in [0.15, 0.2) is 90.0 Å². The lowest BCUT2D eigenvalue weighted by Crippen LogP contribution is -2.39. The summed E-state index contributed by atoms with van der Waals surface area (Å²) in [7, 11) is -3.81. The molecule has 2 heterocycles. The number of carbonyl (C=O) groups is 1. The van der Waals surface area contributed by atoms with Gasteiger partial charge in [-0.1, -0.05) is 66.2 Å². The molecule has 2 bridgehead atoms. The SMILES string of the molecule is Cc1ccc(S(=O)(=O)n2cc3c4c(cccc42)C2=CCN(C(=O)OCc4ccccc4)C3C2)cc1. The summed E-state index contributed by atoms with van der Waals surface area (Å²) in [6, 6.07) is 21.9. The van der Waals surface area contributed by atoms with Crippen LogP contribution in [0, 0.1) is 6.92 Å². The predicted molar refractivity (Wildman–Crippen MR) is 134 cm³/mol. The highest BCUT2D eigenvalue weighted by Gasteiger charge is 2.38. The molecule has 3 aromatic carbocycles. The molecule has 0 saturated heterocycles. The van der Waals surface area contributed by atoms with E-state index in [2.05, 4.69) is 0 Å². The Labute approximate surface area is 204 Å². The highest BCUT2D eigenvalue weighted by molar-refractivity contribution is 7.90. The maximum Gasteiger partial charge on any atom is 0.410 e. The Balaban J connectivity index is 1.41. The van der Waals surface area contributed by atoms with E-state index in [0.717, 1.165) is 33.2 Å². The standard InChI is InChI=1S/C28H24N2O4S/c1-19-10-12-22(13-11-19)35(32,33)30-17-24-26-16-21(23-8-5-9-25(30)27(23)24)14-15-29(26)28(31)34-18-20-6-3-2-4-7-20/h2-14,17,26H,15-16,18H2,1H3. The van der Waals surface area contributed by atoms with Crippen molar-refractivity contribution in [1.29, 1.82) is 0 Å². The molecule has 1 aliphatic carbocycles. The fraction of sp³-hybridized carbons (Fsp3) is 0.179. The molecule has 2 aliphatic rings. The molecule has 0 fully saturated rings. The van der Waals surface area contributed by atoms with E-state index in [-0.39, 0.29) is 17.5 Å². The summed E-state index contributed by atoms with van der Waals surface area (Å²) >= 11 is 0. The number of benzene rings is 3. The third-order valence-electron chi connectivity index (χ3n) is 6.87. The van der Waals surface area contributed by atoms with Crippen LogP contribution in [0.2, 0.25) is 0 Å². The summed E-state index contributed by atoms with van der Waals surface area (Å²) in [6.07, 6.45) is 3.95. The fourth-order valence-corrected chi connectivity index (χ4v) is 6.44. The Bertz CT molecular complexity index is 1590. The minimum Gasteiger partial charge on any atom is -0.445 e. The molecule has 7 heteroatoms. The predicted octanol–water partition coefficient (Wildman–Crippen LogP) is 5.67. The molecule has 1 atom stereocenters. The molecule has 1 aromatic heterocycles. The second kappa shape index (κ2) is 8.13. The Morgan fingerprint density at radius 3 is 2.54 bits per heavy atom. The zero-order chi connectivity index (χ0) is 24.2. The van der Waals surface area contributed by atoms with E-state index in [4.69, 9.17) is 4.74 Å². The van der Waals surface area contributed by atoms with Crippen molar-refractivity contribution in [1.82, 2.24) is 8.87 Å². The molecule has 35 heavy (non-hydrogen) atoms. The highest BCUT2D eigenvalue weighted by Crippen LogP contribution is 2.47. The average molecular weight is 485 g/mol. The van der Waals surface area contributed by atoms with Crippen LogP contribution in [0.5, 0.6) is 0 Å². The molecule has 0 radical (unpaired) electrons. The van der Waals surface area contributed by atoms with Crippen molar-refractivity contribution in [2.75, 3.05) is 6.54 Å². The Morgan fingerprint density at radius 1 is 1.00 bits per heavy atom. The molecule has 4 aromatic rings. The normalized spacial score (nSPS) is 16.8. The summed E-state index contributed by atoms with van der Waals surface area (Å²) in [5.74, 6) is 0. The summed E-state index contributed by atoms with van der Waals surface area (Å²) in [5, 5.41) is 0.881. The van der Waals surface area contributed by atoms with Gasteiger partial charge in [0.15, 0.2) is 0 Å². The van der Waals surface area contributed by atoms with Gasteiger partial charge in [0.2, 0.25) is 0 Å². The van der Waals surface area contributed by atoms with Crippen LogP contribution in [0.25, 0.3) is 16.5 Å². The largest absolute Gasteiger partial charge is 0.445 e. The number of hydrogen-bond acceptors (Lipinski definition) is 4. The lowest BCUT2D eigenvalue weighted by molar-refractivity contribution is 0.0839. The van der Waals surface area contributed by atoms with E-state index in [1.54, 1.807) is 35.4 Å². The molecule has 0 saturated carbocycles. The molecule has 0 N–H and O–H groups in total. The molecule has 6 rings (SSSR count). The summed E-state index contributed by atoms with van der Waals surface area (Å²) in [5.41, 5.74) is 5.52. The van der Waals surface area contributed by atoms with Gasteiger partial charge < -0.3 is 4.74 Å². The highest BCUT2D eigenvalue weighted by atomic mass is 32.2. The third-order valence-corrected chi connectivity index (χ3v) is 8.56. The van der Waals surface area contributed by atoms with Gasteiger partial charge in [-0.3, -0.25) is 4.90 Å². The van der Waals surface area contributed by atoms with Crippen LogP contribution in [0.4, 0.5) is 4.79 Å². The van der Waals surface area contributed by atoms with Crippen LogP contribution in [0.3, 0.4) is 0 Å². The maximum absolute atomic E-state index is 13.6. The third kappa shape index (κ3) is 3.54. The van der Waals surface area contributed by atoms with E-state index in [0.29, 0.717) is 18.5 Å². The number of fused-ring (bicyclic) bond motifs is 4. The van der Waals surface area contributed by atoms with Gasteiger partial charge in [-0.15, -0.1) is 0 Å². The first-order chi connectivity index (χ1) is 16.9. The van der Waals surface area contributed by atoms with Crippen molar-refractivity contribution >= 4 is 32.6 Å². The van der Waals surface area contributed by atoms with Crippen molar-refractivity contribution in [2.45, 2.75) is 30.9 Å². The summed E-state index contributed by atoms with van der Waals surface area (Å²) in [6.45, 7) is 2.53. The Hall–Kier alpha value is -3.84. The zero-order valence-corrected chi connectivity index (χ0v) is 20.0. The number of hydrogen-bond donors (Lipinski definition) is 0. The van der Waals surface area contributed by atoms with Crippen molar-refractivity contribution < 1.29 is 17.9 Å². The Morgan fingerprint density at radius 2 is 1.77 bits per heavy atom. The summed E-state index contributed by atoms with van der Waals surface area (Å²) in [4.78, 5) is 15.0. The van der Waals surface area contributed by atoms with Gasteiger partial charge in [0.05, 0.1) is 16.5 Å². The second-order valence-electron chi connectivity index (χ2n) is 9.04. The van der Waals surface area contributed by atoms with Crippen molar-refractivity contribution in [3.05, 3.63) is 107 Å². The van der Waals surface area contributed by atoms with Crippen LogP contribution in [-0.2, 0) is 21.4 Å². The van der Waals surface area contributed by atoms with Gasteiger partial charge in [-0.05, 0) is 48.2 Å². The number of ether oxygens (including phenoxy) is 1. The van der Waals surface area contributed by atoms with Gasteiger partial charge in [-0.25, -0.2) is 17.2 Å². The smallest absolute Gasteiger partial charge is 0.410 e. The molecule has 1 unspecified atom stereocenters. The lowest BCUT2D eigenvalue weighted by Gasteiger charge is -2.37. The second-order valence-corrected chi connectivity index (χ2v) is 10.9. The van der Waals surface area contributed by atoms with E-state index >= 15 is 0 Å². The zero-order valence-electron chi connectivity index (χ0n) is 19.2. The van der Waals surface area contributed by atoms with Gasteiger partial charge in [0, 0.05) is 23.7 Å². The minimum atomic E-state index is -3.81. The molecular weight excluding hydrogens is 460 g/mol. The number of carbonyl (C=O) groups excluding carboxylic acids is 1. The average Bonchev–Trinajstić information content (AvgIpc) is 3.28. The van der Waals surface area contributed by atoms with Gasteiger partial charge >= 0.3 is 6.09 Å². The topological polar surface area (TPSA) is 68.6 Å². The Kier molecular flexibility index (Phi) is 5.04. The van der Waals surface area contributed by atoms with Crippen LogP contribution in [0.1, 0.15) is 34.7 Å². The van der Waals surface area contributed by atoms with E-state index in [1.807, 2.05) is 61.5 Å². The van der Waals surface area contributed by atoms with E-state index in [9.17, 15) is 13.2 Å². The van der Waals surface area contributed by atoms with Crippen molar-refractivity contribution in [3.8, 4) is 0 Å². The number of nitrogens with zero attached hydrogens (tertiary/aromatic N) is 2. The van der Waals surface area contributed by atoms with Crippen LogP contribution >= 0.6 is 0 Å². The fourth-order valence-electron chi connectivity index (χ4n) is 5.07. The molecule has 6 nitrogen and oxygen atoms in total. The first-order valence-electron chi connectivity index (χ1n) is 11.6. The number of aryl methyl sites for hydroxylation is 1. The van der Waals surface area contributed by atoms with Crippen molar-refractivity contribution in [2.24, 2.45) is 0 Å². The summed E-state index contributed by atoms with van der Waals surface area (Å²) < 4.78 is 34.3. The molecular formula is C28H24N2O4S. The number of amides is 1. The minimum absolute atomic E-state index is 0.189. The molecule has 176 valence electrons. The lowest BCUT2D eigenvalue weighted by atomic mass is 9.82. The first-order valence-corrected chi connectivity index (χ1v) is 13.0. The van der Waals surface area contributed by atoms with Crippen molar-refractivity contribution in [3.63, 3.8) is 0 Å². The number of rotatable bonds is 4. The van der Waals surface area contributed by atoms with E-state index < -0.39 is 16.1 Å². The van der Waals surface area contributed by atoms with E-state index in [1.165, 1.54) is 3.97 Å². The molecule has 1 aliphatic heterocycles. The monoisotopic (exact) mass is 484 g/mol. The maximum atomic E-state index is 13.6. The number of aromatic nitrogens is 1. The molecule has 0 spiro atoms. The van der Waals surface area contributed by atoms with Gasteiger partial charge in [0.1, 0.15) is 6.61 Å². The van der Waals surface area contributed by atoms with Crippen LogP contribution in [-0.4, -0.2) is 29.9 Å². The first kappa shape index (κ1) is 21.7. The van der Waals surface area contributed by atoms with Gasteiger partial charge in [0.25, 0.3) is 10.0 Å². The molecule has 1 amide bonds. The van der Waals surface area contributed by atoms with Gasteiger partial charge in [-0.2, -0.15) is 0 Å². The van der Waals surface area contributed by atoms with Crippen LogP contribution < -0.4 is 0 Å². The quantitative estimate of drug-likeness (QED) is 0.374.